The normalized spacial score (nSPS) is 20.5. The van der Waals surface area contributed by atoms with Gasteiger partial charge in [0.2, 0.25) is 6.79 Å². The zero-order chi connectivity index (χ0) is 39.0. The molecule has 7 rings (SSSR count). The molecule has 0 radical (unpaired) electrons. The first-order valence-corrected chi connectivity index (χ1v) is 21.1. The Labute approximate surface area is 321 Å². The Bertz CT molecular complexity index is 1880. The van der Waals surface area contributed by atoms with Crippen LogP contribution in [0.4, 0.5) is 27.6 Å². The molecule has 3 aliphatic heterocycles. The van der Waals surface area contributed by atoms with E-state index in [1.54, 1.807) is 19.1 Å². The average molecular weight is 780 g/mol. The van der Waals surface area contributed by atoms with Crippen LogP contribution in [0.5, 0.6) is 11.5 Å². The largest absolute Gasteiger partial charge is 0.454 e. The minimum Gasteiger partial charge on any atom is -0.454 e. The fourth-order valence-corrected chi connectivity index (χ4v) is 13.3. The van der Waals surface area contributed by atoms with Crippen molar-refractivity contribution in [3.05, 3.63) is 113 Å². The van der Waals surface area contributed by atoms with Crippen molar-refractivity contribution in [3.8, 4) is 11.5 Å². The molecule has 1 saturated heterocycles. The number of nitrogens with zero attached hydrogens (tertiary/aromatic N) is 2. The molecule has 3 atom stereocenters. The summed E-state index contributed by atoms with van der Waals surface area (Å²) in [6.07, 6.45) is 1.54. The Balaban J connectivity index is 1.22. The minimum atomic E-state index is -3.42. The maximum absolute atomic E-state index is 16.8. The Morgan fingerprint density at radius 2 is 1.51 bits per heavy atom. The summed E-state index contributed by atoms with van der Waals surface area (Å²) in [5, 5.41) is 4.47. The summed E-state index contributed by atoms with van der Waals surface area (Å²) < 4.78 is 97.3. The topological polar surface area (TPSA) is 46.2 Å². The zero-order valence-electron chi connectivity index (χ0n) is 31.9. The van der Waals surface area contributed by atoms with Crippen molar-refractivity contribution in [1.82, 2.24) is 9.80 Å². The van der Waals surface area contributed by atoms with E-state index >= 15 is 17.6 Å². The fraction of sp³-hybridized carbons (Fsp3) is 0.442. The predicted molar refractivity (Wildman–Crippen MR) is 208 cm³/mol. The lowest BCUT2D eigenvalue weighted by atomic mass is 9.84. The van der Waals surface area contributed by atoms with Crippen LogP contribution in [0.15, 0.2) is 84.9 Å². The van der Waals surface area contributed by atoms with Crippen molar-refractivity contribution in [2.24, 2.45) is 0 Å². The number of nitrogens with one attached hydrogen (secondary N) is 1. The molecule has 1 fully saturated rings. The number of halogens is 5. The number of fused-ring (bicyclic) bond motifs is 2. The van der Waals surface area contributed by atoms with Crippen LogP contribution in [0.2, 0.25) is 5.04 Å². The smallest absolute Gasteiger partial charge is 0.282 e. The number of rotatable bonds is 13. The molecule has 0 aliphatic carbocycles. The molecule has 4 aromatic carbocycles. The highest BCUT2D eigenvalue weighted by Crippen LogP contribution is 2.47. The summed E-state index contributed by atoms with van der Waals surface area (Å²) in [5.41, 5.74) is 1.20. The van der Waals surface area contributed by atoms with Crippen LogP contribution in [0.1, 0.15) is 63.3 Å². The number of hydrogen-bond donors (Lipinski definition) is 1. The first-order chi connectivity index (χ1) is 26.3. The van der Waals surface area contributed by atoms with Crippen LogP contribution in [-0.2, 0) is 10.8 Å². The third-order valence-electron chi connectivity index (χ3n) is 11.3. The molecule has 0 spiro atoms. The third kappa shape index (κ3) is 8.01. The van der Waals surface area contributed by atoms with Gasteiger partial charge in [-0.1, -0.05) is 81.4 Å². The van der Waals surface area contributed by atoms with Crippen molar-refractivity contribution in [2.75, 3.05) is 51.6 Å². The van der Waals surface area contributed by atoms with Gasteiger partial charge < -0.3 is 24.1 Å². The summed E-state index contributed by atoms with van der Waals surface area (Å²) >= 11 is 0. The van der Waals surface area contributed by atoms with E-state index in [4.69, 9.17) is 13.9 Å². The van der Waals surface area contributed by atoms with Gasteiger partial charge in [-0.25, -0.2) is 17.6 Å². The van der Waals surface area contributed by atoms with E-state index in [9.17, 15) is 4.39 Å². The summed E-state index contributed by atoms with van der Waals surface area (Å²) in [4.78, 5) is 3.63. The van der Waals surface area contributed by atoms with E-state index < -0.39 is 62.8 Å². The van der Waals surface area contributed by atoms with E-state index in [0.717, 1.165) is 28.9 Å². The lowest BCUT2D eigenvalue weighted by Crippen LogP contribution is -2.67. The summed E-state index contributed by atoms with van der Waals surface area (Å²) in [6, 6.07) is 23.4. The molecule has 55 heavy (non-hydrogen) atoms. The molecule has 0 aromatic heterocycles. The highest BCUT2D eigenvalue weighted by atomic mass is 28.4. The van der Waals surface area contributed by atoms with Crippen LogP contribution in [0, 0.1) is 11.6 Å². The van der Waals surface area contributed by atoms with Gasteiger partial charge in [-0.15, -0.1) is 0 Å². The second-order valence-corrected chi connectivity index (χ2v) is 20.5. The van der Waals surface area contributed by atoms with Crippen molar-refractivity contribution in [1.29, 1.82) is 0 Å². The predicted octanol–water partition coefficient (Wildman–Crippen LogP) is 8.09. The molecule has 4 aromatic rings. The van der Waals surface area contributed by atoms with Gasteiger partial charge in [0.1, 0.15) is 11.6 Å². The van der Waals surface area contributed by atoms with Crippen LogP contribution in [0.3, 0.4) is 0 Å². The van der Waals surface area contributed by atoms with Gasteiger partial charge in [-0.2, -0.15) is 0 Å². The SMILES string of the molecule is C[C@@H]1Cc2cc3c(cc2[C@@H](c2c(F)cc(N[C@H]4CCN(CCCF)C4)cc2F)N1CC(F)(F)CO[Si](c1ccccc1)(c1ccccc1)C(C)(C)C)OCO3. The highest BCUT2D eigenvalue weighted by Gasteiger charge is 2.52. The molecule has 1 N–H and O–H groups in total. The molecular formula is C43H50F5N3O3Si. The first kappa shape index (κ1) is 39.3. The zero-order valence-corrected chi connectivity index (χ0v) is 32.9. The van der Waals surface area contributed by atoms with Crippen molar-refractivity contribution in [3.63, 3.8) is 0 Å². The van der Waals surface area contributed by atoms with E-state index in [2.05, 4.69) is 10.2 Å². The number of alkyl halides is 3. The minimum absolute atomic E-state index is 0.00469. The molecule has 6 nitrogen and oxygen atoms in total. The van der Waals surface area contributed by atoms with Crippen LogP contribution < -0.4 is 25.2 Å². The first-order valence-electron chi connectivity index (χ1n) is 19.1. The Morgan fingerprint density at radius 3 is 2.11 bits per heavy atom. The molecular weight excluding hydrogens is 730 g/mol. The summed E-state index contributed by atoms with van der Waals surface area (Å²) in [7, 11) is -3.32. The van der Waals surface area contributed by atoms with Gasteiger partial charge >= 0.3 is 0 Å². The van der Waals surface area contributed by atoms with Crippen LogP contribution in [0.25, 0.3) is 0 Å². The third-order valence-corrected chi connectivity index (χ3v) is 16.3. The van der Waals surface area contributed by atoms with Gasteiger partial charge in [0.05, 0.1) is 25.9 Å². The van der Waals surface area contributed by atoms with Crippen molar-refractivity contribution < 1.29 is 35.9 Å². The maximum Gasteiger partial charge on any atom is 0.282 e. The lowest BCUT2D eigenvalue weighted by molar-refractivity contribution is -0.0823. The Hall–Kier alpha value is -3.97. The number of benzene rings is 4. The van der Waals surface area contributed by atoms with E-state index in [1.807, 2.05) is 81.4 Å². The van der Waals surface area contributed by atoms with E-state index in [0.29, 0.717) is 43.0 Å². The standard InChI is InChI=1S/C43H50F5N3O3Si/c1-29-20-30-21-38-39(53-28-52-38)24-35(30)41(40-36(45)22-32(23-37(40)46)49-31-16-19-50(25-31)18-11-17-44)51(29)26-43(47,48)27-54-55(42(2,3)4,33-12-7-5-8-13-33)34-14-9-6-10-15-34/h5-10,12-15,21-24,29,31,41,49H,11,16-20,25-28H2,1-4H3/t29-,31+,41+/m1/s1. The number of hydrogen-bond acceptors (Lipinski definition) is 6. The molecule has 0 saturated carbocycles. The maximum atomic E-state index is 16.8. The van der Waals surface area contributed by atoms with E-state index in [-0.39, 0.29) is 24.1 Å². The molecule has 12 heteroatoms. The van der Waals surface area contributed by atoms with E-state index in [1.165, 1.54) is 17.0 Å². The Morgan fingerprint density at radius 1 is 0.891 bits per heavy atom. The van der Waals surface area contributed by atoms with Crippen LogP contribution in [-0.4, -0.2) is 82.4 Å². The monoisotopic (exact) mass is 779 g/mol. The van der Waals surface area contributed by atoms with Gasteiger partial charge in [0.25, 0.3) is 14.2 Å². The quantitative estimate of drug-likeness (QED) is 0.109. The number of likely N-dealkylation sites (tertiary alicyclic amines) is 1. The number of ether oxygens (including phenoxy) is 2. The summed E-state index contributed by atoms with van der Waals surface area (Å²) in [5.74, 6) is -4.18. The molecule has 294 valence electrons. The summed E-state index contributed by atoms with van der Waals surface area (Å²) in [6.45, 7) is 7.81. The second kappa shape index (κ2) is 15.9. The fourth-order valence-electron chi connectivity index (χ4n) is 8.76. The second-order valence-electron chi connectivity index (χ2n) is 16.2. The Kier molecular flexibility index (Phi) is 11.3. The lowest BCUT2D eigenvalue weighted by Gasteiger charge is -2.46. The average Bonchev–Trinajstić information content (AvgIpc) is 3.80. The molecule has 0 unspecified atom stereocenters. The van der Waals surface area contributed by atoms with Gasteiger partial charge in [-0.05, 0) is 77.0 Å². The number of anilines is 1. The molecule has 3 heterocycles. The van der Waals surface area contributed by atoms with Crippen molar-refractivity contribution >= 4 is 24.4 Å². The van der Waals surface area contributed by atoms with Crippen LogP contribution >= 0.6 is 0 Å². The van der Waals surface area contributed by atoms with Gasteiger partial charge in [0, 0.05) is 43.0 Å². The van der Waals surface area contributed by atoms with Crippen molar-refractivity contribution in [2.45, 2.75) is 76.0 Å². The highest BCUT2D eigenvalue weighted by molar-refractivity contribution is 6.99. The molecule has 3 aliphatic rings. The molecule has 0 amide bonds. The van der Waals surface area contributed by atoms with Gasteiger partial charge in [0.15, 0.2) is 11.5 Å². The molecule has 0 bridgehead atoms. The van der Waals surface area contributed by atoms with Gasteiger partial charge in [-0.3, -0.25) is 9.29 Å².